The van der Waals surface area contributed by atoms with Gasteiger partial charge >= 0.3 is 0 Å². The first-order valence-electron chi connectivity index (χ1n) is 7.19. The average Bonchev–Trinajstić information content (AvgIpc) is 3.02. The lowest BCUT2D eigenvalue weighted by atomic mass is 9.99. The van der Waals surface area contributed by atoms with E-state index in [0.29, 0.717) is 23.4 Å². The summed E-state index contributed by atoms with van der Waals surface area (Å²) in [6.45, 7) is 8.82. The van der Waals surface area contributed by atoms with Crippen LogP contribution >= 0.6 is 0 Å². The highest BCUT2D eigenvalue weighted by molar-refractivity contribution is 7.92. The van der Waals surface area contributed by atoms with Gasteiger partial charge in [-0.1, -0.05) is 36.4 Å². The molecule has 0 saturated heterocycles. The molecular weight excluding hydrogens is 322 g/mol. The monoisotopic (exact) mass is 335 g/mol. The fourth-order valence-corrected chi connectivity index (χ4v) is 3.85. The van der Waals surface area contributed by atoms with Crippen molar-refractivity contribution in [3.63, 3.8) is 0 Å². The van der Waals surface area contributed by atoms with Crippen molar-refractivity contribution in [3.05, 3.63) is 70.6 Å². The highest BCUT2D eigenvalue weighted by Crippen LogP contribution is 2.35. The van der Waals surface area contributed by atoms with Gasteiger partial charge in [0.15, 0.2) is 5.69 Å². The molecule has 0 atom stereocenters. The second kappa shape index (κ2) is 5.84. The zero-order valence-corrected chi connectivity index (χ0v) is 13.7. The quantitative estimate of drug-likeness (QED) is 0.867. The van der Waals surface area contributed by atoms with Crippen molar-refractivity contribution in [2.24, 2.45) is 0 Å². The van der Waals surface area contributed by atoms with Crippen molar-refractivity contribution in [1.82, 2.24) is 0 Å². The largest absolute Gasteiger partial charge is 0.279 e. The summed E-state index contributed by atoms with van der Waals surface area (Å²) in [6.07, 6.45) is 2.33. The van der Waals surface area contributed by atoms with E-state index in [0.717, 1.165) is 16.7 Å². The number of benzene rings is 2. The fraction of sp³-hybridized carbons (Fsp3) is 0.111. The molecule has 0 aromatic heterocycles. The van der Waals surface area contributed by atoms with Crippen LogP contribution in [0.4, 0.5) is 11.4 Å². The van der Waals surface area contributed by atoms with Gasteiger partial charge in [-0.05, 0) is 30.5 Å². The average molecular weight is 335 g/mol. The molecular formula is C18H13N3O2S. The van der Waals surface area contributed by atoms with E-state index in [1.807, 2.05) is 6.92 Å². The van der Waals surface area contributed by atoms with E-state index >= 15 is 0 Å². The number of allylic oxidation sites excluding steroid dienone is 2. The third-order valence-electron chi connectivity index (χ3n) is 3.94. The standard InChI is InChI=1S/C18H13N3O2S/c1-12-3-10-17(16-9-4-13(11-19)18(12)16)21-24(22,23)15-7-5-14(20-2)6-8-15/h3-8,10,21H,9H2,1H3. The molecule has 6 heteroatoms. The topological polar surface area (TPSA) is 74.3 Å². The van der Waals surface area contributed by atoms with Crippen LogP contribution in [0.25, 0.3) is 10.4 Å². The van der Waals surface area contributed by atoms with E-state index in [4.69, 9.17) is 6.57 Å². The van der Waals surface area contributed by atoms with E-state index < -0.39 is 10.0 Å². The first-order valence-corrected chi connectivity index (χ1v) is 8.68. The SMILES string of the molecule is [C-]#[N+]c1ccc(S(=O)(=O)Nc2ccc(C)c3c2CC=C3C#N)cc1. The highest BCUT2D eigenvalue weighted by atomic mass is 32.2. The maximum absolute atomic E-state index is 12.6. The summed E-state index contributed by atoms with van der Waals surface area (Å²) < 4.78 is 27.7. The number of hydrogen-bond acceptors (Lipinski definition) is 3. The van der Waals surface area contributed by atoms with Crippen LogP contribution in [0, 0.1) is 24.8 Å². The Balaban J connectivity index is 1.99. The number of nitrogens with zero attached hydrogens (tertiary/aromatic N) is 2. The summed E-state index contributed by atoms with van der Waals surface area (Å²) in [5, 5.41) is 9.21. The molecule has 2 aromatic carbocycles. The minimum absolute atomic E-state index is 0.0932. The molecule has 0 fully saturated rings. The third kappa shape index (κ3) is 2.64. The van der Waals surface area contributed by atoms with Crippen LogP contribution in [0.5, 0.6) is 0 Å². The fourth-order valence-electron chi connectivity index (χ4n) is 2.76. The second-order valence-electron chi connectivity index (χ2n) is 5.43. The van der Waals surface area contributed by atoms with Gasteiger partial charge in [-0.3, -0.25) is 4.72 Å². The minimum atomic E-state index is -3.76. The molecule has 0 bridgehead atoms. The molecule has 0 spiro atoms. The summed E-state index contributed by atoms with van der Waals surface area (Å²) in [6, 6.07) is 11.4. The number of sulfonamides is 1. The van der Waals surface area contributed by atoms with E-state index in [1.54, 1.807) is 18.2 Å². The lowest BCUT2D eigenvalue weighted by Gasteiger charge is -2.14. The van der Waals surface area contributed by atoms with Crippen molar-refractivity contribution in [3.8, 4) is 6.07 Å². The van der Waals surface area contributed by atoms with Gasteiger partial charge in [-0.25, -0.2) is 13.3 Å². The second-order valence-corrected chi connectivity index (χ2v) is 7.11. The van der Waals surface area contributed by atoms with Gasteiger partial charge in [0.1, 0.15) is 0 Å². The number of hydrogen-bond donors (Lipinski definition) is 1. The van der Waals surface area contributed by atoms with Crippen LogP contribution < -0.4 is 4.72 Å². The third-order valence-corrected chi connectivity index (χ3v) is 5.32. The summed E-state index contributed by atoms with van der Waals surface area (Å²) >= 11 is 0. The highest BCUT2D eigenvalue weighted by Gasteiger charge is 2.22. The Labute approximate surface area is 140 Å². The summed E-state index contributed by atoms with van der Waals surface area (Å²) in [5.41, 5.74) is 4.00. The van der Waals surface area contributed by atoms with Crippen molar-refractivity contribution in [2.75, 3.05) is 4.72 Å². The number of aryl methyl sites for hydroxylation is 1. The van der Waals surface area contributed by atoms with Gasteiger partial charge < -0.3 is 0 Å². The maximum Gasteiger partial charge on any atom is 0.261 e. The van der Waals surface area contributed by atoms with E-state index in [1.165, 1.54) is 24.3 Å². The zero-order chi connectivity index (χ0) is 17.3. The molecule has 118 valence electrons. The maximum atomic E-state index is 12.6. The molecule has 1 aliphatic carbocycles. The van der Waals surface area contributed by atoms with Crippen LogP contribution in [0.2, 0.25) is 0 Å². The number of nitrogens with one attached hydrogen (secondary N) is 1. The summed E-state index contributed by atoms with van der Waals surface area (Å²) in [5.74, 6) is 0. The zero-order valence-electron chi connectivity index (χ0n) is 12.9. The van der Waals surface area contributed by atoms with Crippen LogP contribution in [0.1, 0.15) is 16.7 Å². The lowest BCUT2D eigenvalue weighted by Crippen LogP contribution is -2.14. The van der Waals surface area contributed by atoms with Gasteiger partial charge in [-0.2, -0.15) is 5.26 Å². The molecule has 3 rings (SSSR count). The molecule has 0 heterocycles. The minimum Gasteiger partial charge on any atom is -0.279 e. The number of anilines is 1. The predicted molar refractivity (Wildman–Crippen MR) is 92.0 cm³/mol. The van der Waals surface area contributed by atoms with Crippen LogP contribution in [0.3, 0.4) is 0 Å². The Hall–Kier alpha value is -3.09. The Kier molecular flexibility index (Phi) is 3.84. The first-order chi connectivity index (χ1) is 11.5. The predicted octanol–water partition coefficient (Wildman–Crippen LogP) is 3.81. The van der Waals surface area contributed by atoms with Gasteiger partial charge in [-0.15, -0.1) is 0 Å². The van der Waals surface area contributed by atoms with E-state index in [-0.39, 0.29) is 4.90 Å². The Morgan fingerprint density at radius 3 is 2.54 bits per heavy atom. The molecule has 2 aromatic rings. The van der Waals surface area contributed by atoms with Gasteiger partial charge in [0.05, 0.1) is 28.8 Å². The van der Waals surface area contributed by atoms with Crippen LogP contribution in [-0.4, -0.2) is 8.42 Å². The Bertz CT molecular complexity index is 1040. The molecule has 1 N–H and O–H groups in total. The van der Waals surface area contributed by atoms with Gasteiger partial charge in [0, 0.05) is 5.56 Å². The van der Waals surface area contributed by atoms with Crippen molar-refractivity contribution < 1.29 is 8.42 Å². The Morgan fingerprint density at radius 1 is 1.21 bits per heavy atom. The molecule has 0 aliphatic heterocycles. The molecule has 1 aliphatic rings. The van der Waals surface area contributed by atoms with Gasteiger partial charge in [0.25, 0.3) is 10.0 Å². The van der Waals surface area contributed by atoms with Crippen molar-refractivity contribution in [2.45, 2.75) is 18.2 Å². The van der Waals surface area contributed by atoms with Crippen molar-refractivity contribution >= 4 is 27.0 Å². The van der Waals surface area contributed by atoms with Crippen LogP contribution in [0.15, 0.2) is 47.4 Å². The Morgan fingerprint density at radius 2 is 1.92 bits per heavy atom. The molecule has 0 unspecified atom stereocenters. The molecule has 0 amide bonds. The molecule has 24 heavy (non-hydrogen) atoms. The number of fused-ring (bicyclic) bond motifs is 1. The van der Waals surface area contributed by atoms with Gasteiger partial charge in [0.2, 0.25) is 0 Å². The van der Waals surface area contributed by atoms with E-state index in [9.17, 15) is 13.7 Å². The van der Waals surface area contributed by atoms with E-state index in [2.05, 4.69) is 15.6 Å². The smallest absolute Gasteiger partial charge is 0.261 e. The van der Waals surface area contributed by atoms with Crippen LogP contribution in [-0.2, 0) is 16.4 Å². The summed E-state index contributed by atoms with van der Waals surface area (Å²) in [4.78, 5) is 3.34. The number of nitriles is 1. The normalized spacial score (nSPS) is 12.7. The van der Waals surface area contributed by atoms with Crippen molar-refractivity contribution in [1.29, 1.82) is 5.26 Å². The molecule has 5 nitrogen and oxygen atoms in total. The lowest BCUT2D eigenvalue weighted by molar-refractivity contribution is 0.601. The summed E-state index contributed by atoms with van der Waals surface area (Å²) in [7, 11) is -3.76. The molecule has 0 radical (unpaired) electrons. The number of rotatable bonds is 3. The first kappa shape index (κ1) is 15.8. The molecule has 0 saturated carbocycles.